The molecular formula is C17H22F2N2O2. The Bertz CT molecular complexity index is 558. The highest BCUT2D eigenvalue weighted by atomic mass is 19.1. The Hall–Kier alpha value is -1.82. The molecule has 0 saturated carbocycles. The Morgan fingerprint density at radius 2 is 2.09 bits per heavy atom. The molecule has 1 atom stereocenters. The predicted molar refractivity (Wildman–Crippen MR) is 83.1 cm³/mol. The maximum Gasteiger partial charge on any atom is 0.220 e. The van der Waals surface area contributed by atoms with E-state index < -0.39 is 17.4 Å². The molecule has 4 nitrogen and oxygen atoms in total. The molecule has 1 fully saturated rings. The minimum absolute atomic E-state index is 0.0125. The van der Waals surface area contributed by atoms with Gasteiger partial charge >= 0.3 is 0 Å². The number of piperidine rings is 1. The molecule has 2 N–H and O–H groups in total. The van der Waals surface area contributed by atoms with Crippen molar-refractivity contribution in [1.29, 1.82) is 0 Å². The van der Waals surface area contributed by atoms with Crippen molar-refractivity contribution in [1.82, 2.24) is 10.6 Å². The van der Waals surface area contributed by atoms with Crippen molar-refractivity contribution in [2.75, 3.05) is 19.6 Å². The van der Waals surface area contributed by atoms with E-state index in [0.717, 1.165) is 38.1 Å². The number of amides is 1. The Morgan fingerprint density at radius 3 is 2.78 bits per heavy atom. The van der Waals surface area contributed by atoms with Crippen LogP contribution in [-0.2, 0) is 4.79 Å². The van der Waals surface area contributed by atoms with Gasteiger partial charge in [0.1, 0.15) is 11.6 Å². The summed E-state index contributed by atoms with van der Waals surface area (Å²) in [5.74, 6) is -1.74. The van der Waals surface area contributed by atoms with E-state index in [1.165, 1.54) is 6.42 Å². The van der Waals surface area contributed by atoms with Crippen LogP contribution < -0.4 is 10.6 Å². The van der Waals surface area contributed by atoms with Crippen LogP contribution in [0.3, 0.4) is 0 Å². The highest BCUT2D eigenvalue weighted by Crippen LogP contribution is 2.14. The van der Waals surface area contributed by atoms with Crippen LogP contribution in [0.4, 0.5) is 8.78 Å². The predicted octanol–water partition coefficient (Wildman–Crippen LogP) is 2.43. The molecule has 1 aromatic rings. The molecule has 0 bridgehead atoms. The van der Waals surface area contributed by atoms with Gasteiger partial charge in [-0.1, -0.05) is 0 Å². The van der Waals surface area contributed by atoms with Gasteiger partial charge in [0.15, 0.2) is 5.78 Å². The quantitative estimate of drug-likeness (QED) is 0.758. The summed E-state index contributed by atoms with van der Waals surface area (Å²) >= 11 is 0. The number of carbonyl (C=O) groups is 2. The third kappa shape index (κ3) is 5.71. The molecule has 126 valence electrons. The van der Waals surface area contributed by atoms with Crippen LogP contribution in [0.5, 0.6) is 0 Å². The largest absolute Gasteiger partial charge is 0.356 e. The lowest BCUT2D eigenvalue weighted by molar-refractivity contribution is -0.121. The van der Waals surface area contributed by atoms with E-state index in [1.807, 2.05) is 0 Å². The van der Waals surface area contributed by atoms with Gasteiger partial charge in [0.25, 0.3) is 0 Å². The van der Waals surface area contributed by atoms with E-state index in [4.69, 9.17) is 0 Å². The number of carbonyl (C=O) groups excluding carboxylic acids is 2. The molecule has 1 aliphatic rings. The Morgan fingerprint density at radius 1 is 1.26 bits per heavy atom. The lowest BCUT2D eigenvalue weighted by Crippen LogP contribution is -2.33. The maximum absolute atomic E-state index is 13.5. The summed E-state index contributed by atoms with van der Waals surface area (Å²) < 4.78 is 26.3. The van der Waals surface area contributed by atoms with Crippen molar-refractivity contribution in [3.05, 3.63) is 35.4 Å². The average molecular weight is 324 g/mol. The van der Waals surface area contributed by atoms with Gasteiger partial charge in [0, 0.05) is 25.5 Å². The van der Waals surface area contributed by atoms with E-state index in [0.29, 0.717) is 18.5 Å². The van der Waals surface area contributed by atoms with E-state index >= 15 is 0 Å². The minimum atomic E-state index is -0.889. The van der Waals surface area contributed by atoms with Crippen molar-refractivity contribution in [2.24, 2.45) is 5.92 Å². The number of Topliss-reactive ketones (excluding diaryl/α,β-unsaturated/α-hetero) is 1. The second-order valence-electron chi connectivity index (χ2n) is 5.90. The lowest BCUT2D eigenvalue weighted by Gasteiger charge is -2.22. The van der Waals surface area contributed by atoms with Crippen LogP contribution in [0, 0.1) is 17.6 Å². The van der Waals surface area contributed by atoms with Crippen LogP contribution in [0.15, 0.2) is 18.2 Å². The van der Waals surface area contributed by atoms with Gasteiger partial charge in [-0.2, -0.15) is 0 Å². The molecule has 0 radical (unpaired) electrons. The fraction of sp³-hybridized carbons (Fsp3) is 0.529. The van der Waals surface area contributed by atoms with E-state index in [9.17, 15) is 18.4 Å². The van der Waals surface area contributed by atoms with Crippen LogP contribution in [-0.4, -0.2) is 31.3 Å². The van der Waals surface area contributed by atoms with Crippen LogP contribution >= 0.6 is 0 Å². The smallest absolute Gasteiger partial charge is 0.220 e. The van der Waals surface area contributed by atoms with Gasteiger partial charge in [0.05, 0.1) is 5.56 Å². The maximum atomic E-state index is 13.5. The fourth-order valence-corrected chi connectivity index (χ4v) is 2.75. The van der Waals surface area contributed by atoms with Crippen LogP contribution in [0.25, 0.3) is 0 Å². The molecule has 1 saturated heterocycles. The zero-order valence-corrected chi connectivity index (χ0v) is 13.0. The van der Waals surface area contributed by atoms with Crippen molar-refractivity contribution >= 4 is 11.7 Å². The summed E-state index contributed by atoms with van der Waals surface area (Å²) in [5, 5.41) is 6.11. The topological polar surface area (TPSA) is 58.2 Å². The van der Waals surface area contributed by atoms with E-state index in [-0.39, 0.29) is 24.3 Å². The summed E-state index contributed by atoms with van der Waals surface area (Å²) in [6, 6.07) is 2.82. The van der Waals surface area contributed by atoms with E-state index in [2.05, 4.69) is 10.6 Å². The number of rotatable bonds is 7. The molecule has 1 unspecified atom stereocenters. The van der Waals surface area contributed by atoms with Gasteiger partial charge in [0.2, 0.25) is 5.91 Å². The standard InChI is InChI=1S/C17H22F2N2O2/c18-13-3-4-14(15(19)10-13)16(22)5-6-17(23)21-9-7-12-2-1-8-20-11-12/h3-4,10,12,20H,1-2,5-9,11H2,(H,21,23). The lowest BCUT2D eigenvalue weighted by atomic mass is 9.96. The highest BCUT2D eigenvalue weighted by Gasteiger charge is 2.15. The molecule has 6 heteroatoms. The second-order valence-corrected chi connectivity index (χ2v) is 5.90. The van der Waals surface area contributed by atoms with E-state index in [1.54, 1.807) is 0 Å². The first kappa shape index (κ1) is 17.5. The molecule has 0 aromatic heterocycles. The number of halogens is 2. The molecular weight excluding hydrogens is 302 g/mol. The summed E-state index contributed by atoms with van der Waals surface area (Å²) in [4.78, 5) is 23.6. The molecule has 1 heterocycles. The van der Waals surface area contributed by atoms with Gasteiger partial charge in [-0.3, -0.25) is 9.59 Å². The molecule has 1 aliphatic heterocycles. The van der Waals surface area contributed by atoms with Gasteiger partial charge < -0.3 is 10.6 Å². The molecule has 1 aromatic carbocycles. The van der Waals surface area contributed by atoms with Crippen molar-refractivity contribution in [2.45, 2.75) is 32.1 Å². The first-order valence-electron chi connectivity index (χ1n) is 8.02. The molecule has 0 spiro atoms. The third-order valence-corrected chi connectivity index (χ3v) is 4.08. The second kappa shape index (κ2) is 8.72. The Labute approximate surface area is 134 Å². The molecule has 2 rings (SSSR count). The Balaban J connectivity index is 1.68. The summed E-state index contributed by atoms with van der Waals surface area (Å²) in [5.41, 5.74) is -0.174. The number of benzene rings is 1. The fourth-order valence-electron chi connectivity index (χ4n) is 2.75. The molecule has 1 amide bonds. The zero-order chi connectivity index (χ0) is 16.7. The Kier molecular flexibility index (Phi) is 6.65. The monoisotopic (exact) mass is 324 g/mol. The number of ketones is 1. The number of nitrogens with one attached hydrogen (secondary N) is 2. The number of hydrogen-bond acceptors (Lipinski definition) is 3. The normalized spacial score (nSPS) is 17.7. The molecule has 23 heavy (non-hydrogen) atoms. The minimum Gasteiger partial charge on any atom is -0.356 e. The highest BCUT2D eigenvalue weighted by molar-refractivity contribution is 5.98. The SMILES string of the molecule is O=C(CCC(=O)c1ccc(F)cc1F)NCCC1CCCNC1. The van der Waals surface area contributed by atoms with Crippen molar-refractivity contribution in [3.63, 3.8) is 0 Å². The average Bonchev–Trinajstić information content (AvgIpc) is 2.53. The summed E-state index contributed by atoms with van der Waals surface area (Å²) in [6.07, 6.45) is 3.18. The van der Waals surface area contributed by atoms with Gasteiger partial charge in [-0.05, 0) is 50.4 Å². The van der Waals surface area contributed by atoms with Gasteiger partial charge in [-0.25, -0.2) is 8.78 Å². The first-order chi connectivity index (χ1) is 11.1. The van der Waals surface area contributed by atoms with Crippen LogP contribution in [0.1, 0.15) is 42.5 Å². The van der Waals surface area contributed by atoms with Gasteiger partial charge in [-0.15, -0.1) is 0 Å². The summed E-state index contributed by atoms with van der Waals surface area (Å²) in [7, 11) is 0. The number of hydrogen-bond donors (Lipinski definition) is 2. The first-order valence-corrected chi connectivity index (χ1v) is 8.02. The van der Waals surface area contributed by atoms with Crippen LogP contribution in [0.2, 0.25) is 0 Å². The molecule has 0 aliphatic carbocycles. The van der Waals surface area contributed by atoms with Crippen molar-refractivity contribution in [3.8, 4) is 0 Å². The zero-order valence-electron chi connectivity index (χ0n) is 13.0. The summed E-state index contributed by atoms with van der Waals surface area (Å²) in [6.45, 7) is 2.63. The third-order valence-electron chi connectivity index (χ3n) is 4.08. The van der Waals surface area contributed by atoms with Crippen molar-refractivity contribution < 1.29 is 18.4 Å².